The lowest BCUT2D eigenvalue weighted by Gasteiger charge is -2.07. The minimum absolute atomic E-state index is 0.000610. The Morgan fingerprint density at radius 2 is 1.69 bits per heavy atom. The zero-order valence-electron chi connectivity index (χ0n) is 14.9. The van der Waals surface area contributed by atoms with E-state index in [4.69, 9.17) is 0 Å². The molecule has 0 aliphatic carbocycles. The second-order valence-electron chi connectivity index (χ2n) is 6.01. The molecule has 1 N–H and O–H groups in total. The first-order valence-corrected chi connectivity index (χ1v) is 8.16. The number of nitrogens with one attached hydrogen (secondary N) is 1. The highest BCUT2D eigenvalue weighted by Gasteiger charge is 2.11. The first kappa shape index (κ1) is 18.9. The van der Waals surface area contributed by atoms with Gasteiger partial charge in [0.15, 0.2) is 0 Å². The van der Waals surface area contributed by atoms with Gasteiger partial charge in [-0.1, -0.05) is 38.1 Å². The molecule has 2 aromatic rings. The fourth-order valence-electron chi connectivity index (χ4n) is 2.30. The van der Waals surface area contributed by atoms with Gasteiger partial charge >= 0.3 is 5.97 Å². The molecule has 26 heavy (non-hydrogen) atoms. The average molecular weight is 348 g/mol. The first-order chi connectivity index (χ1) is 12.4. The summed E-state index contributed by atoms with van der Waals surface area (Å²) in [7, 11) is 1.30. The minimum atomic E-state index is -0.508. The van der Waals surface area contributed by atoms with Crippen molar-refractivity contribution in [1.29, 1.82) is 5.26 Å². The molecule has 0 heterocycles. The van der Waals surface area contributed by atoms with Gasteiger partial charge in [-0.25, -0.2) is 4.79 Å². The van der Waals surface area contributed by atoms with Crippen LogP contribution in [-0.2, 0) is 9.53 Å². The number of anilines is 1. The van der Waals surface area contributed by atoms with Crippen molar-refractivity contribution in [2.75, 3.05) is 12.4 Å². The molecule has 0 fully saturated rings. The number of hydrogen-bond acceptors (Lipinski definition) is 4. The highest BCUT2D eigenvalue weighted by atomic mass is 16.5. The zero-order chi connectivity index (χ0) is 19.1. The molecule has 0 aliphatic heterocycles. The summed E-state index contributed by atoms with van der Waals surface area (Å²) >= 11 is 0. The van der Waals surface area contributed by atoms with Crippen molar-refractivity contribution < 1.29 is 14.3 Å². The van der Waals surface area contributed by atoms with Gasteiger partial charge in [0, 0.05) is 5.69 Å². The Bertz CT molecular complexity index is 858. The number of methoxy groups -OCH3 is 1. The third kappa shape index (κ3) is 4.81. The first-order valence-electron chi connectivity index (χ1n) is 8.16. The number of carbonyl (C=O) groups is 2. The molecule has 0 atom stereocenters. The van der Waals surface area contributed by atoms with Crippen LogP contribution in [0.15, 0.2) is 54.1 Å². The summed E-state index contributed by atoms with van der Waals surface area (Å²) in [6, 6.07) is 15.9. The van der Waals surface area contributed by atoms with E-state index < -0.39 is 11.9 Å². The number of esters is 1. The number of nitrogens with zero attached hydrogens (tertiary/aromatic N) is 1. The highest BCUT2D eigenvalue weighted by molar-refractivity contribution is 6.09. The SMILES string of the molecule is COC(=O)c1ccc(NC(=O)/C(C#N)=C/c2ccc(C(C)C)cc2)cc1. The molecule has 0 spiro atoms. The summed E-state index contributed by atoms with van der Waals surface area (Å²) < 4.78 is 4.62. The number of benzene rings is 2. The molecule has 0 saturated heterocycles. The van der Waals surface area contributed by atoms with E-state index in [2.05, 4.69) is 23.9 Å². The van der Waals surface area contributed by atoms with Crippen LogP contribution >= 0.6 is 0 Å². The van der Waals surface area contributed by atoms with Crippen LogP contribution in [0.25, 0.3) is 6.08 Å². The van der Waals surface area contributed by atoms with Crippen LogP contribution in [0.3, 0.4) is 0 Å². The number of amides is 1. The maximum Gasteiger partial charge on any atom is 0.337 e. The number of hydrogen-bond donors (Lipinski definition) is 1. The molecule has 0 unspecified atom stereocenters. The lowest BCUT2D eigenvalue weighted by atomic mass is 10.0. The van der Waals surface area contributed by atoms with Crippen molar-refractivity contribution in [2.24, 2.45) is 0 Å². The molecule has 0 saturated carbocycles. The molecular formula is C21H20N2O3. The molecular weight excluding hydrogens is 328 g/mol. The van der Waals surface area contributed by atoms with Gasteiger partial charge in [-0.15, -0.1) is 0 Å². The van der Waals surface area contributed by atoms with Gasteiger partial charge in [0.2, 0.25) is 0 Å². The lowest BCUT2D eigenvalue weighted by molar-refractivity contribution is -0.112. The molecule has 0 bridgehead atoms. The standard InChI is InChI=1S/C21H20N2O3/c1-14(2)16-6-4-15(5-7-16)12-18(13-22)20(24)23-19-10-8-17(9-11-19)21(25)26-3/h4-12,14H,1-3H3,(H,23,24)/b18-12+. The Hall–Kier alpha value is -3.39. The van der Waals surface area contributed by atoms with E-state index in [-0.39, 0.29) is 5.57 Å². The van der Waals surface area contributed by atoms with E-state index in [0.717, 1.165) is 5.56 Å². The molecule has 0 radical (unpaired) electrons. The summed E-state index contributed by atoms with van der Waals surface area (Å²) in [6.07, 6.45) is 1.54. The zero-order valence-corrected chi connectivity index (χ0v) is 14.9. The number of carbonyl (C=O) groups excluding carboxylic acids is 2. The Labute approximate surface area is 152 Å². The molecule has 1 amide bonds. The lowest BCUT2D eigenvalue weighted by Crippen LogP contribution is -2.13. The Morgan fingerprint density at radius 1 is 1.08 bits per heavy atom. The average Bonchev–Trinajstić information content (AvgIpc) is 2.66. The van der Waals surface area contributed by atoms with Crippen molar-refractivity contribution in [3.05, 3.63) is 70.8 Å². The van der Waals surface area contributed by atoms with Crippen molar-refractivity contribution in [1.82, 2.24) is 0 Å². The highest BCUT2D eigenvalue weighted by Crippen LogP contribution is 2.17. The van der Waals surface area contributed by atoms with Crippen molar-refractivity contribution in [3.8, 4) is 6.07 Å². The minimum Gasteiger partial charge on any atom is -0.465 e. The van der Waals surface area contributed by atoms with E-state index >= 15 is 0 Å². The van der Waals surface area contributed by atoms with Crippen LogP contribution in [0.1, 0.15) is 41.3 Å². The van der Waals surface area contributed by atoms with E-state index in [0.29, 0.717) is 17.2 Å². The van der Waals surface area contributed by atoms with E-state index in [1.807, 2.05) is 30.3 Å². The molecule has 5 nitrogen and oxygen atoms in total. The molecule has 0 aliphatic rings. The number of ether oxygens (including phenoxy) is 1. The summed E-state index contributed by atoms with van der Waals surface area (Å²) in [5.41, 5.74) is 2.84. The maximum atomic E-state index is 12.3. The third-order valence-corrected chi connectivity index (χ3v) is 3.84. The summed E-state index contributed by atoms with van der Waals surface area (Å²) in [4.78, 5) is 23.7. The Kier molecular flexibility index (Phi) is 6.29. The van der Waals surface area contributed by atoms with Gasteiger partial charge in [-0.2, -0.15) is 5.26 Å². The molecule has 5 heteroatoms. The predicted molar refractivity (Wildman–Crippen MR) is 101 cm³/mol. The predicted octanol–water partition coefficient (Wildman–Crippen LogP) is 4.14. The van der Waals surface area contributed by atoms with Crippen LogP contribution in [0.2, 0.25) is 0 Å². The van der Waals surface area contributed by atoms with Crippen molar-refractivity contribution >= 4 is 23.6 Å². The van der Waals surface area contributed by atoms with Crippen LogP contribution in [-0.4, -0.2) is 19.0 Å². The van der Waals surface area contributed by atoms with E-state index in [9.17, 15) is 14.9 Å². The fourth-order valence-corrected chi connectivity index (χ4v) is 2.30. The third-order valence-electron chi connectivity index (χ3n) is 3.84. The van der Waals surface area contributed by atoms with Gasteiger partial charge in [0.1, 0.15) is 11.6 Å². The smallest absolute Gasteiger partial charge is 0.337 e. The van der Waals surface area contributed by atoms with Gasteiger partial charge in [-0.3, -0.25) is 4.79 Å². The summed E-state index contributed by atoms with van der Waals surface area (Å²) in [5.74, 6) is -0.545. The summed E-state index contributed by atoms with van der Waals surface area (Å²) in [6.45, 7) is 4.20. The largest absolute Gasteiger partial charge is 0.465 e. The van der Waals surface area contributed by atoms with Gasteiger partial charge in [-0.05, 0) is 47.4 Å². The fraction of sp³-hybridized carbons (Fsp3) is 0.190. The second-order valence-corrected chi connectivity index (χ2v) is 6.01. The molecule has 2 aromatic carbocycles. The quantitative estimate of drug-likeness (QED) is 0.500. The van der Waals surface area contributed by atoms with Gasteiger partial charge in [0.05, 0.1) is 12.7 Å². The monoisotopic (exact) mass is 348 g/mol. The Balaban J connectivity index is 2.13. The van der Waals surface area contributed by atoms with Crippen molar-refractivity contribution in [2.45, 2.75) is 19.8 Å². The molecule has 132 valence electrons. The Morgan fingerprint density at radius 3 is 2.19 bits per heavy atom. The van der Waals surface area contributed by atoms with Crippen LogP contribution < -0.4 is 5.32 Å². The second kappa shape index (κ2) is 8.63. The topological polar surface area (TPSA) is 79.2 Å². The normalized spacial score (nSPS) is 11.0. The molecule has 0 aromatic heterocycles. The van der Waals surface area contributed by atoms with Crippen LogP contribution in [0, 0.1) is 11.3 Å². The number of rotatable bonds is 5. The van der Waals surface area contributed by atoms with E-state index in [1.165, 1.54) is 12.7 Å². The van der Waals surface area contributed by atoms with Crippen molar-refractivity contribution in [3.63, 3.8) is 0 Å². The van der Waals surface area contributed by atoms with Gasteiger partial charge < -0.3 is 10.1 Å². The van der Waals surface area contributed by atoms with E-state index in [1.54, 1.807) is 30.3 Å². The number of nitriles is 1. The van der Waals surface area contributed by atoms with Crippen LogP contribution in [0.5, 0.6) is 0 Å². The summed E-state index contributed by atoms with van der Waals surface area (Å²) in [5, 5.41) is 11.9. The van der Waals surface area contributed by atoms with Crippen LogP contribution in [0.4, 0.5) is 5.69 Å². The van der Waals surface area contributed by atoms with Gasteiger partial charge in [0.25, 0.3) is 5.91 Å². The maximum absolute atomic E-state index is 12.3. The molecule has 2 rings (SSSR count).